The standard InChI is InChI=1S/C19H26N4O2/c1-2-25-19(24)22-13-9-17(10-14-22)21-18(15-23-12-6-11-20-23)16-7-4-3-5-8-16/h3-8,11-12,17-18,21H,2,9-10,13-15H2,1H3/t18-/m1/s1. The highest BCUT2D eigenvalue weighted by molar-refractivity contribution is 5.67. The Morgan fingerprint density at radius 3 is 2.68 bits per heavy atom. The molecule has 1 aliphatic rings. The summed E-state index contributed by atoms with van der Waals surface area (Å²) >= 11 is 0. The molecule has 0 spiro atoms. The first-order valence-electron chi connectivity index (χ1n) is 8.96. The lowest BCUT2D eigenvalue weighted by molar-refractivity contribution is 0.0939. The van der Waals surface area contributed by atoms with Gasteiger partial charge in [-0.15, -0.1) is 0 Å². The summed E-state index contributed by atoms with van der Waals surface area (Å²) in [4.78, 5) is 13.6. The van der Waals surface area contributed by atoms with E-state index in [1.54, 1.807) is 11.1 Å². The van der Waals surface area contributed by atoms with E-state index in [9.17, 15) is 4.79 Å². The lowest BCUT2D eigenvalue weighted by atomic mass is 10.0. The number of nitrogens with one attached hydrogen (secondary N) is 1. The maximum atomic E-state index is 11.8. The number of amides is 1. The van der Waals surface area contributed by atoms with Crippen LogP contribution < -0.4 is 5.32 Å². The number of carbonyl (C=O) groups is 1. The summed E-state index contributed by atoms with van der Waals surface area (Å²) in [6.45, 7) is 4.53. The second kappa shape index (κ2) is 8.67. The van der Waals surface area contributed by atoms with Crippen molar-refractivity contribution in [3.05, 3.63) is 54.4 Å². The molecule has 0 radical (unpaired) electrons. The fourth-order valence-corrected chi connectivity index (χ4v) is 3.26. The van der Waals surface area contributed by atoms with Crippen molar-refractivity contribution in [2.45, 2.75) is 38.4 Å². The number of rotatable bonds is 6. The van der Waals surface area contributed by atoms with Gasteiger partial charge < -0.3 is 15.0 Å². The lowest BCUT2D eigenvalue weighted by Gasteiger charge is -2.34. The molecule has 1 fully saturated rings. The summed E-state index contributed by atoms with van der Waals surface area (Å²) in [7, 11) is 0. The van der Waals surface area contributed by atoms with Gasteiger partial charge >= 0.3 is 6.09 Å². The Balaban J connectivity index is 1.60. The zero-order valence-electron chi connectivity index (χ0n) is 14.7. The molecule has 0 unspecified atom stereocenters. The lowest BCUT2D eigenvalue weighted by Crippen LogP contribution is -2.46. The van der Waals surface area contributed by atoms with E-state index >= 15 is 0 Å². The van der Waals surface area contributed by atoms with Crippen molar-refractivity contribution in [3.63, 3.8) is 0 Å². The van der Waals surface area contributed by atoms with Crippen molar-refractivity contribution in [2.24, 2.45) is 0 Å². The molecule has 2 heterocycles. The van der Waals surface area contributed by atoms with Crippen LogP contribution in [0, 0.1) is 0 Å². The second-order valence-electron chi connectivity index (χ2n) is 6.32. The Kier molecular flexibility index (Phi) is 6.06. The third-order valence-corrected chi connectivity index (χ3v) is 4.59. The number of ether oxygens (including phenoxy) is 1. The van der Waals surface area contributed by atoms with Gasteiger partial charge in [-0.25, -0.2) is 4.79 Å². The summed E-state index contributed by atoms with van der Waals surface area (Å²) in [6, 6.07) is 13.0. The summed E-state index contributed by atoms with van der Waals surface area (Å²) in [5.41, 5.74) is 1.26. The summed E-state index contributed by atoms with van der Waals surface area (Å²) < 4.78 is 7.05. The van der Waals surface area contributed by atoms with Crippen LogP contribution in [0.25, 0.3) is 0 Å². The molecule has 1 atom stereocenters. The molecular weight excluding hydrogens is 316 g/mol. The SMILES string of the molecule is CCOC(=O)N1CCC(N[C@H](Cn2cccn2)c2ccccc2)CC1. The molecule has 3 rings (SSSR count). The molecule has 1 saturated heterocycles. The van der Waals surface area contributed by atoms with Crippen LogP contribution in [0.2, 0.25) is 0 Å². The molecule has 1 N–H and O–H groups in total. The van der Waals surface area contributed by atoms with Crippen LogP contribution in [0.1, 0.15) is 31.4 Å². The van der Waals surface area contributed by atoms with Gasteiger partial charge in [-0.05, 0) is 31.4 Å². The zero-order valence-corrected chi connectivity index (χ0v) is 14.7. The molecule has 25 heavy (non-hydrogen) atoms. The predicted molar refractivity (Wildman–Crippen MR) is 96.2 cm³/mol. The van der Waals surface area contributed by atoms with Crippen LogP contribution in [-0.4, -0.2) is 46.5 Å². The Morgan fingerprint density at radius 2 is 2.04 bits per heavy atom. The van der Waals surface area contributed by atoms with Gasteiger partial charge in [0, 0.05) is 31.5 Å². The van der Waals surface area contributed by atoms with E-state index in [0.29, 0.717) is 12.6 Å². The average molecular weight is 342 g/mol. The smallest absolute Gasteiger partial charge is 0.409 e. The highest BCUT2D eigenvalue weighted by Gasteiger charge is 2.25. The van der Waals surface area contributed by atoms with E-state index in [0.717, 1.165) is 32.5 Å². The maximum Gasteiger partial charge on any atom is 0.409 e. The number of hydrogen-bond acceptors (Lipinski definition) is 4. The molecule has 0 saturated carbocycles. The number of aromatic nitrogens is 2. The van der Waals surface area contributed by atoms with Gasteiger partial charge in [0.25, 0.3) is 0 Å². The summed E-state index contributed by atoms with van der Waals surface area (Å²) in [6.07, 6.45) is 5.46. The Labute approximate surface area is 148 Å². The predicted octanol–water partition coefficient (Wildman–Crippen LogP) is 2.83. The number of likely N-dealkylation sites (tertiary alicyclic amines) is 1. The van der Waals surface area contributed by atoms with E-state index in [1.807, 2.05) is 29.9 Å². The Hall–Kier alpha value is -2.34. The van der Waals surface area contributed by atoms with E-state index < -0.39 is 0 Å². The van der Waals surface area contributed by atoms with Crippen LogP contribution in [-0.2, 0) is 11.3 Å². The van der Waals surface area contributed by atoms with Crippen molar-refractivity contribution in [1.82, 2.24) is 20.0 Å². The normalized spacial score (nSPS) is 16.6. The highest BCUT2D eigenvalue weighted by atomic mass is 16.6. The Bertz CT molecular complexity index is 637. The molecule has 0 aliphatic carbocycles. The quantitative estimate of drug-likeness (QED) is 0.877. The number of piperidine rings is 1. The summed E-state index contributed by atoms with van der Waals surface area (Å²) in [5.74, 6) is 0. The first kappa shape index (κ1) is 17.5. The van der Waals surface area contributed by atoms with Gasteiger partial charge in [-0.3, -0.25) is 4.68 Å². The maximum absolute atomic E-state index is 11.8. The fraction of sp³-hybridized carbons (Fsp3) is 0.474. The minimum absolute atomic E-state index is 0.195. The number of nitrogens with zero attached hydrogens (tertiary/aromatic N) is 3. The van der Waals surface area contributed by atoms with Crippen molar-refractivity contribution in [3.8, 4) is 0 Å². The number of carbonyl (C=O) groups excluding carboxylic acids is 1. The number of hydrogen-bond donors (Lipinski definition) is 1. The van der Waals surface area contributed by atoms with Gasteiger partial charge in [0.15, 0.2) is 0 Å². The van der Waals surface area contributed by atoms with Gasteiger partial charge in [-0.2, -0.15) is 5.10 Å². The Morgan fingerprint density at radius 1 is 1.28 bits per heavy atom. The van der Waals surface area contributed by atoms with E-state index in [-0.39, 0.29) is 12.1 Å². The van der Waals surface area contributed by atoms with Gasteiger partial charge in [0.05, 0.1) is 19.2 Å². The molecule has 134 valence electrons. The van der Waals surface area contributed by atoms with Crippen LogP contribution in [0.3, 0.4) is 0 Å². The molecule has 6 heteroatoms. The third kappa shape index (κ3) is 4.82. The van der Waals surface area contributed by atoms with Gasteiger partial charge in [-0.1, -0.05) is 30.3 Å². The van der Waals surface area contributed by atoms with Crippen LogP contribution in [0.4, 0.5) is 4.79 Å². The van der Waals surface area contributed by atoms with E-state index in [4.69, 9.17) is 4.74 Å². The first-order valence-corrected chi connectivity index (χ1v) is 8.96. The minimum Gasteiger partial charge on any atom is -0.450 e. The highest BCUT2D eigenvalue weighted by Crippen LogP contribution is 2.19. The zero-order chi connectivity index (χ0) is 17.5. The van der Waals surface area contributed by atoms with Gasteiger partial charge in [0.1, 0.15) is 0 Å². The van der Waals surface area contributed by atoms with Crippen LogP contribution >= 0.6 is 0 Å². The van der Waals surface area contributed by atoms with Crippen molar-refractivity contribution in [2.75, 3.05) is 19.7 Å². The topological polar surface area (TPSA) is 59.4 Å². The monoisotopic (exact) mass is 342 g/mol. The van der Waals surface area contributed by atoms with Crippen molar-refractivity contribution < 1.29 is 9.53 Å². The van der Waals surface area contributed by atoms with Gasteiger partial charge in [0.2, 0.25) is 0 Å². The van der Waals surface area contributed by atoms with E-state index in [2.05, 4.69) is 34.7 Å². The molecule has 6 nitrogen and oxygen atoms in total. The minimum atomic E-state index is -0.197. The molecule has 1 amide bonds. The number of benzene rings is 1. The van der Waals surface area contributed by atoms with Crippen LogP contribution in [0.5, 0.6) is 0 Å². The molecule has 1 aromatic carbocycles. The van der Waals surface area contributed by atoms with Crippen molar-refractivity contribution >= 4 is 6.09 Å². The molecule has 1 aliphatic heterocycles. The third-order valence-electron chi connectivity index (χ3n) is 4.59. The van der Waals surface area contributed by atoms with E-state index in [1.165, 1.54) is 5.56 Å². The molecular formula is C19H26N4O2. The molecule has 2 aromatic rings. The second-order valence-corrected chi connectivity index (χ2v) is 6.32. The summed E-state index contributed by atoms with van der Waals surface area (Å²) in [5, 5.41) is 8.10. The fourth-order valence-electron chi connectivity index (χ4n) is 3.26. The largest absolute Gasteiger partial charge is 0.450 e. The average Bonchev–Trinajstić information content (AvgIpc) is 3.16. The first-order chi connectivity index (χ1) is 12.3. The van der Waals surface area contributed by atoms with Crippen molar-refractivity contribution in [1.29, 1.82) is 0 Å². The van der Waals surface area contributed by atoms with Crippen LogP contribution in [0.15, 0.2) is 48.8 Å². The molecule has 0 bridgehead atoms. The molecule has 1 aromatic heterocycles.